The Morgan fingerprint density at radius 2 is 2.17 bits per heavy atom. The molecule has 1 aliphatic rings. The minimum atomic E-state index is 0. The summed E-state index contributed by atoms with van der Waals surface area (Å²) in [6.07, 6.45) is 2.70. The van der Waals surface area contributed by atoms with Crippen molar-refractivity contribution in [2.45, 2.75) is 52.1 Å². The Labute approximate surface area is 156 Å². The Morgan fingerprint density at radius 1 is 1.43 bits per heavy atom. The zero-order chi connectivity index (χ0) is 15.9. The first-order chi connectivity index (χ1) is 10.6. The van der Waals surface area contributed by atoms with Crippen molar-refractivity contribution in [2.75, 3.05) is 26.7 Å². The van der Waals surface area contributed by atoms with Crippen LogP contribution in [0, 0.1) is 0 Å². The molecule has 0 atom stereocenters. The van der Waals surface area contributed by atoms with Crippen LogP contribution < -0.4 is 10.6 Å². The molecule has 0 unspecified atom stereocenters. The molecule has 0 radical (unpaired) electrons. The number of nitrogens with zero attached hydrogens (tertiary/aromatic N) is 3. The predicted molar refractivity (Wildman–Crippen MR) is 104 cm³/mol. The number of hydrogen-bond donors (Lipinski definition) is 2. The minimum Gasteiger partial charge on any atom is -0.359 e. The highest BCUT2D eigenvalue weighted by molar-refractivity contribution is 14.0. The number of halogens is 1. The van der Waals surface area contributed by atoms with Crippen molar-refractivity contribution < 1.29 is 4.52 Å². The van der Waals surface area contributed by atoms with Gasteiger partial charge in [-0.05, 0) is 25.3 Å². The topological polar surface area (TPSA) is 65.7 Å². The van der Waals surface area contributed by atoms with E-state index < -0.39 is 0 Å². The quantitative estimate of drug-likeness (QED) is 0.373. The van der Waals surface area contributed by atoms with E-state index in [1.807, 2.05) is 6.07 Å². The molecule has 0 spiro atoms. The summed E-state index contributed by atoms with van der Waals surface area (Å²) in [5.41, 5.74) is 0.989. The molecular weight excluding hydrogens is 405 g/mol. The molecule has 1 heterocycles. The molecule has 1 aromatic heterocycles. The summed E-state index contributed by atoms with van der Waals surface area (Å²) in [4.78, 5) is 6.76. The minimum absolute atomic E-state index is 0. The Balaban J connectivity index is 0.00000264. The summed E-state index contributed by atoms with van der Waals surface area (Å²) in [6, 6.07) is 2.81. The molecule has 132 valence electrons. The van der Waals surface area contributed by atoms with E-state index in [1.54, 1.807) is 7.05 Å². The molecule has 2 N–H and O–H groups in total. The molecule has 0 saturated heterocycles. The molecule has 2 rings (SSSR count). The maximum absolute atomic E-state index is 5.32. The number of hydrogen-bond acceptors (Lipinski definition) is 4. The predicted octanol–water partition coefficient (Wildman–Crippen LogP) is 2.57. The lowest BCUT2D eigenvalue weighted by Gasteiger charge is -2.20. The van der Waals surface area contributed by atoms with E-state index in [-0.39, 0.29) is 24.0 Å². The molecule has 1 aliphatic carbocycles. The van der Waals surface area contributed by atoms with Crippen LogP contribution in [0.4, 0.5) is 0 Å². The van der Waals surface area contributed by atoms with Crippen LogP contribution in [0.2, 0.25) is 0 Å². The van der Waals surface area contributed by atoms with Gasteiger partial charge in [0, 0.05) is 32.2 Å². The lowest BCUT2D eigenvalue weighted by atomic mass is 10.1. The van der Waals surface area contributed by atoms with E-state index >= 15 is 0 Å². The van der Waals surface area contributed by atoms with Crippen molar-refractivity contribution in [2.24, 2.45) is 4.99 Å². The van der Waals surface area contributed by atoms with Crippen LogP contribution in [0.1, 0.15) is 51.0 Å². The first kappa shape index (κ1) is 20.2. The molecule has 1 aromatic rings. The van der Waals surface area contributed by atoms with Crippen molar-refractivity contribution in [3.05, 3.63) is 17.5 Å². The molecule has 0 bridgehead atoms. The average molecular weight is 435 g/mol. The zero-order valence-electron chi connectivity index (χ0n) is 14.6. The maximum atomic E-state index is 5.32. The molecule has 23 heavy (non-hydrogen) atoms. The first-order valence-electron chi connectivity index (χ1n) is 8.28. The van der Waals surface area contributed by atoms with E-state index in [2.05, 4.69) is 46.5 Å². The summed E-state index contributed by atoms with van der Waals surface area (Å²) in [7, 11) is 1.79. The monoisotopic (exact) mass is 435 g/mol. The third kappa shape index (κ3) is 6.66. The lowest BCUT2D eigenvalue weighted by molar-refractivity contribution is 0.282. The van der Waals surface area contributed by atoms with Crippen LogP contribution in [0.3, 0.4) is 0 Å². The van der Waals surface area contributed by atoms with Crippen molar-refractivity contribution in [3.63, 3.8) is 0 Å². The van der Waals surface area contributed by atoms with Crippen LogP contribution >= 0.6 is 24.0 Å². The van der Waals surface area contributed by atoms with E-state index in [0.717, 1.165) is 43.1 Å². The van der Waals surface area contributed by atoms with Gasteiger partial charge in [0.1, 0.15) is 0 Å². The summed E-state index contributed by atoms with van der Waals surface area (Å²) in [5.74, 6) is 2.02. The third-order valence-corrected chi connectivity index (χ3v) is 3.98. The molecule has 1 saturated carbocycles. The number of guanidine groups is 1. The number of likely N-dealkylation sites (N-methyl/N-ethyl adjacent to an activating group) is 1. The highest BCUT2D eigenvalue weighted by Gasteiger charge is 2.27. The highest BCUT2D eigenvalue weighted by atomic mass is 127. The van der Waals surface area contributed by atoms with Gasteiger partial charge in [0.2, 0.25) is 0 Å². The fraction of sp³-hybridized carbons (Fsp3) is 0.750. The Bertz CT molecular complexity index is 485. The van der Waals surface area contributed by atoms with Gasteiger partial charge in [-0.1, -0.05) is 25.9 Å². The largest absolute Gasteiger partial charge is 0.359 e. The third-order valence-electron chi connectivity index (χ3n) is 3.98. The molecular formula is C16H30IN5O. The lowest BCUT2D eigenvalue weighted by Crippen LogP contribution is -2.41. The number of aliphatic imine (C=N–C) groups is 1. The van der Waals surface area contributed by atoms with Crippen molar-refractivity contribution in [1.29, 1.82) is 0 Å². The second-order valence-electron chi connectivity index (χ2n) is 6.09. The van der Waals surface area contributed by atoms with Gasteiger partial charge < -0.3 is 15.2 Å². The summed E-state index contributed by atoms with van der Waals surface area (Å²) < 4.78 is 5.32. The van der Waals surface area contributed by atoms with Gasteiger partial charge in [-0.2, -0.15) is 0 Å². The Kier molecular flexibility index (Phi) is 8.90. The number of nitrogens with one attached hydrogen (secondary N) is 2. The van der Waals surface area contributed by atoms with Crippen LogP contribution in [-0.2, 0) is 6.54 Å². The SMILES string of the molecule is CCN(CCNC(=NC)NCc1cc(C(C)C)no1)C1CC1.I. The summed E-state index contributed by atoms with van der Waals surface area (Å²) in [5, 5.41) is 10.7. The van der Waals surface area contributed by atoms with Crippen LogP contribution in [0.5, 0.6) is 0 Å². The van der Waals surface area contributed by atoms with Gasteiger partial charge in [-0.3, -0.25) is 9.89 Å². The number of aromatic nitrogens is 1. The van der Waals surface area contributed by atoms with E-state index in [4.69, 9.17) is 4.52 Å². The summed E-state index contributed by atoms with van der Waals surface area (Å²) in [6.45, 7) is 10.1. The van der Waals surface area contributed by atoms with Crippen molar-refractivity contribution in [1.82, 2.24) is 20.7 Å². The maximum Gasteiger partial charge on any atom is 0.191 e. The summed E-state index contributed by atoms with van der Waals surface area (Å²) >= 11 is 0. The zero-order valence-corrected chi connectivity index (χ0v) is 17.0. The van der Waals surface area contributed by atoms with Gasteiger partial charge in [0.15, 0.2) is 11.7 Å². The number of rotatable bonds is 8. The van der Waals surface area contributed by atoms with Gasteiger partial charge in [-0.15, -0.1) is 24.0 Å². The standard InChI is InChI=1S/C16H29N5O.HI/c1-5-21(13-6-7-13)9-8-18-16(17-4)19-11-14-10-15(12(2)3)20-22-14;/h10,12-13H,5-9,11H2,1-4H3,(H2,17,18,19);1H. The highest BCUT2D eigenvalue weighted by Crippen LogP contribution is 2.25. The molecule has 6 nitrogen and oxygen atoms in total. The fourth-order valence-corrected chi connectivity index (χ4v) is 2.43. The fourth-order valence-electron chi connectivity index (χ4n) is 2.43. The Hall–Kier alpha value is -0.830. The second kappa shape index (κ2) is 10.1. The van der Waals surface area contributed by atoms with Crippen LogP contribution in [0.25, 0.3) is 0 Å². The first-order valence-corrected chi connectivity index (χ1v) is 8.28. The van der Waals surface area contributed by atoms with Crippen LogP contribution in [0.15, 0.2) is 15.6 Å². The molecule has 7 heteroatoms. The molecule has 0 amide bonds. The molecule has 0 aromatic carbocycles. The van der Waals surface area contributed by atoms with Gasteiger partial charge >= 0.3 is 0 Å². The van der Waals surface area contributed by atoms with Crippen LogP contribution in [-0.4, -0.2) is 48.7 Å². The Morgan fingerprint density at radius 3 is 2.70 bits per heavy atom. The van der Waals surface area contributed by atoms with Gasteiger partial charge in [0.25, 0.3) is 0 Å². The second-order valence-corrected chi connectivity index (χ2v) is 6.09. The van der Waals surface area contributed by atoms with E-state index in [0.29, 0.717) is 12.5 Å². The molecule has 1 fully saturated rings. The molecule has 0 aliphatic heterocycles. The van der Waals surface area contributed by atoms with Gasteiger partial charge in [-0.25, -0.2) is 0 Å². The smallest absolute Gasteiger partial charge is 0.191 e. The van der Waals surface area contributed by atoms with E-state index in [1.165, 1.54) is 12.8 Å². The normalized spacial score (nSPS) is 15.0. The van der Waals surface area contributed by atoms with Gasteiger partial charge in [0.05, 0.1) is 12.2 Å². The average Bonchev–Trinajstić information content (AvgIpc) is 3.23. The van der Waals surface area contributed by atoms with E-state index in [9.17, 15) is 0 Å². The van der Waals surface area contributed by atoms with Crippen molar-refractivity contribution >= 4 is 29.9 Å². The van der Waals surface area contributed by atoms with Crippen molar-refractivity contribution in [3.8, 4) is 0 Å².